The van der Waals surface area contributed by atoms with Gasteiger partial charge in [-0.25, -0.2) is 4.79 Å². The highest BCUT2D eigenvalue weighted by atomic mass is 32.1. The van der Waals surface area contributed by atoms with Crippen molar-refractivity contribution in [2.75, 3.05) is 13.2 Å². The van der Waals surface area contributed by atoms with Gasteiger partial charge in [0.25, 0.3) is 0 Å². The van der Waals surface area contributed by atoms with Crippen molar-refractivity contribution in [1.82, 2.24) is 4.90 Å². The van der Waals surface area contributed by atoms with Crippen LogP contribution in [0.1, 0.15) is 65.8 Å². The van der Waals surface area contributed by atoms with Gasteiger partial charge in [-0.2, -0.15) is 0 Å². The average Bonchev–Trinajstić information content (AvgIpc) is 3.47. The van der Waals surface area contributed by atoms with Crippen LogP contribution < -0.4 is 0 Å². The Morgan fingerprint density at radius 2 is 1.64 bits per heavy atom. The van der Waals surface area contributed by atoms with Crippen molar-refractivity contribution in [2.45, 2.75) is 56.7 Å². The van der Waals surface area contributed by atoms with Gasteiger partial charge < -0.3 is 9.47 Å². The van der Waals surface area contributed by atoms with Gasteiger partial charge in [-0.05, 0) is 46.5 Å². The highest BCUT2D eigenvalue weighted by Gasteiger charge is 2.38. The Morgan fingerprint density at radius 3 is 2.36 bits per heavy atom. The third-order valence-corrected chi connectivity index (χ3v) is 8.41. The molecule has 33 heavy (non-hydrogen) atoms. The molecule has 1 aromatic heterocycles. The Bertz CT molecular complexity index is 1100. The first-order valence-corrected chi connectivity index (χ1v) is 13.0. The second-order valence-corrected chi connectivity index (χ2v) is 10.3. The molecule has 1 amide bonds. The van der Waals surface area contributed by atoms with Gasteiger partial charge >= 0.3 is 6.09 Å². The van der Waals surface area contributed by atoms with Crippen molar-refractivity contribution in [3.63, 3.8) is 0 Å². The summed E-state index contributed by atoms with van der Waals surface area (Å²) in [4.78, 5) is 16.9. The fourth-order valence-corrected chi connectivity index (χ4v) is 6.71. The van der Waals surface area contributed by atoms with Crippen molar-refractivity contribution in [2.24, 2.45) is 0 Å². The Labute approximate surface area is 199 Å². The van der Waals surface area contributed by atoms with Crippen molar-refractivity contribution in [3.05, 3.63) is 81.5 Å². The summed E-state index contributed by atoms with van der Waals surface area (Å²) in [6.07, 6.45) is 5.93. The quantitative estimate of drug-likeness (QED) is 0.426. The molecule has 2 aliphatic carbocycles. The molecule has 1 saturated carbocycles. The molecule has 1 unspecified atom stereocenters. The lowest BCUT2D eigenvalue weighted by atomic mass is 9.93. The van der Waals surface area contributed by atoms with E-state index < -0.39 is 0 Å². The molecule has 0 saturated heterocycles. The molecule has 170 valence electrons. The monoisotopic (exact) mass is 459 g/mol. The third-order valence-electron chi connectivity index (χ3n) is 7.42. The number of benzene rings is 2. The van der Waals surface area contributed by atoms with Gasteiger partial charge in [-0.15, -0.1) is 11.3 Å². The van der Waals surface area contributed by atoms with E-state index in [0.29, 0.717) is 13.2 Å². The number of ether oxygens (including phenoxy) is 2. The lowest BCUT2D eigenvalue weighted by molar-refractivity contribution is -0.0844. The van der Waals surface area contributed by atoms with E-state index >= 15 is 0 Å². The highest BCUT2D eigenvalue weighted by molar-refractivity contribution is 7.10. The molecular weight excluding hydrogens is 430 g/mol. The predicted molar refractivity (Wildman–Crippen MR) is 130 cm³/mol. The third kappa shape index (κ3) is 3.77. The molecule has 1 atom stereocenters. The van der Waals surface area contributed by atoms with Gasteiger partial charge in [0.2, 0.25) is 0 Å². The summed E-state index contributed by atoms with van der Waals surface area (Å²) in [5.74, 6) is 0.0681. The summed E-state index contributed by atoms with van der Waals surface area (Å²) in [6, 6.07) is 19.2. The van der Waals surface area contributed by atoms with Crippen LogP contribution in [0.25, 0.3) is 11.1 Å². The molecule has 0 N–H and O–H groups in total. The van der Waals surface area contributed by atoms with Gasteiger partial charge in [0.15, 0.2) is 6.23 Å². The Hall–Kier alpha value is -2.63. The van der Waals surface area contributed by atoms with Gasteiger partial charge in [0.05, 0.1) is 6.61 Å². The molecule has 0 radical (unpaired) electrons. The molecule has 5 heteroatoms. The maximum absolute atomic E-state index is 13.7. The second kappa shape index (κ2) is 8.96. The van der Waals surface area contributed by atoms with Gasteiger partial charge in [0.1, 0.15) is 6.61 Å². The maximum Gasteiger partial charge on any atom is 0.412 e. The van der Waals surface area contributed by atoms with Crippen LogP contribution in [0.15, 0.2) is 60.0 Å². The smallest absolute Gasteiger partial charge is 0.412 e. The molecule has 1 fully saturated rings. The first-order chi connectivity index (χ1) is 16.3. The van der Waals surface area contributed by atoms with Crippen LogP contribution in [0, 0.1) is 0 Å². The number of fused-ring (bicyclic) bond motifs is 4. The summed E-state index contributed by atoms with van der Waals surface area (Å²) < 4.78 is 12.3. The minimum absolute atomic E-state index is 0.0681. The summed E-state index contributed by atoms with van der Waals surface area (Å²) in [7, 11) is 0. The van der Waals surface area contributed by atoms with E-state index in [9.17, 15) is 4.79 Å². The predicted octanol–water partition coefficient (Wildman–Crippen LogP) is 6.90. The summed E-state index contributed by atoms with van der Waals surface area (Å²) in [6.45, 7) is 0.997. The molecule has 3 aliphatic rings. The van der Waals surface area contributed by atoms with Crippen LogP contribution in [-0.2, 0) is 15.9 Å². The van der Waals surface area contributed by atoms with Crippen LogP contribution in [-0.4, -0.2) is 30.2 Å². The zero-order valence-electron chi connectivity index (χ0n) is 18.7. The molecule has 1 aliphatic heterocycles. The topological polar surface area (TPSA) is 38.8 Å². The second-order valence-electron chi connectivity index (χ2n) is 9.28. The lowest BCUT2D eigenvalue weighted by Gasteiger charge is -2.40. The number of hydrogen-bond donors (Lipinski definition) is 0. The number of thiophene rings is 1. The molecule has 4 nitrogen and oxygen atoms in total. The normalized spacial score (nSPS) is 20.1. The van der Waals surface area contributed by atoms with E-state index in [2.05, 4.69) is 60.0 Å². The largest absolute Gasteiger partial charge is 0.448 e. The van der Waals surface area contributed by atoms with Crippen molar-refractivity contribution in [1.29, 1.82) is 0 Å². The zero-order valence-corrected chi connectivity index (χ0v) is 19.6. The van der Waals surface area contributed by atoms with E-state index in [4.69, 9.17) is 9.47 Å². The van der Waals surface area contributed by atoms with Gasteiger partial charge in [-0.3, -0.25) is 4.90 Å². The Balaban J connectivity index is 1.27. The Kier molecular flexibility index (Phi) is 5.68. The van der Waals surface area contributed by atoms with Crippen molar-refractivity contribution >= 4 is 17.4 Å². The van der Waals surface area contributed by atoms with Crippen LogP contribution in [0.2, 0.25) is 0 Å². The molecular formula is C28H29NO3S. The average molecular weight is 460 g/mol. The van der Waals surface area contributed by atoms with Crippen molar-refractivity contribution < 1.29 is 14.3 Å². The molecule has 0 bridgehead atoms. The SMILES string of the molecule is O=C(OCC1c2ccccc2-c2ccccc21)N(C1CCCCC1)C1OCCc2sccc21. The minimum atomic E-state index is -0.334. The van der Waals surface area contributed by atoms with Crippen molar-refractivity contribution in [3.8, 4) is 11.1 Å². The van der Waals surface area contributed by atoms with E-state index in [1.165, 1.54) is 33.6 Å². The highest BCUT2D eigenvalue weighted by Crippen LogP contribution is 2.45. The Morgan fingerprint density at radius 1 is 0.939 bits per heavy atom. The lowest BCUT2D eigenvalue weighted by Crippen LogP contribution is -2.46. The fraction of sp³-hybridized carbons (Fsp3) is 0.393. The fourth-order valence-electron chi connectivity index (χ4n) is 5.82. The molecule has 0 spiro atoms. The number of carbonyl (C=O) groups is 1. The summed E-state index contributed by atoms with van der Waals surface area (Å²) in [5.41, 5.74) is 6.12. The minimum Gasteiger partial charge on any atom is -0.448 e. The number of hydrogen-bond acceptors (Lipinski definition) is 4. The maximum atomic E-state index is 13.7. The number of amides is 1. The molecule has 6 rings (SSSR count). The van der Waals surface area contributed by atoms with E-state index in [0.717, 1.165) is 37.7 Å². The number of nitrogens with zero attached hydrogens (tertiary/aromatic N) is 1. The zero-order chi connectivity index (χ0) is 22.2. The van der Waals surface area contributed by atoms with E-state index in [1.807, 2.05) is 4.90 Å². The summed E-state index contributed by atoms with van der Waals surface area (Å²) in [5, 5.41) is 2.11. The van der Waals surface area contributed by atoms with Gasteiger partial charge in [0, 0.05) is 28.8 Å². The molecule has 2 heterocycles. The van der Waals surface area contributed by atoms with Crippen LogP contribution >= 0.6 is 11.3 Å². The first-order valence-electron chi connectivity index (χ1n) is 12.1. The molecule has 2 aromatic carbocycles. The van der Waals surface area contributed by atoms with E-state index in [1.54, 1.807) is 11.3 Å². The van der Waals surface area contributed by atoms with Gasteiger partial charge in [-0.1, -0.05) is 67.8 Å². The molecule has 3 aromatic rings. The number of carbonyl (C=O) groups excluding carboxylic acids is 1. The van der Waals surface area contributed by atoms with Crippen LogP contribution in [0.3, 0.4) is 0 Å². The van der Waals surface area contributed by atoms with Crippen LogP contribution in [0.5, 0.6) is 0 Å². The van der Waals surface area contributed by atoms with E-state index in [-0.39, 0.29) is 24.3 Å². The first kappa shape index (κ1) is 20.9. The summed E-state index contributed by atoms with van der Waals surface area (Å²) >= 11 is 1.76. The number of rotatable bonds is 4. The van der Waals surface area contributed by atoms with Crippen LogP contribution in [0.4, 0.5) is 4.79 Å². The standard InChI is InChI=1S/C28H29NO3S/c30-28(32-18-25-22-12-6-4-10-20(22)21-11-5-7-13-23(21)25)29(19-8-2-1-3-9-19)27-24-15-17-33-26(24)14-16-31-27/h4-7,10-13,15,17,19,25,27H,1-3,8-9,14,16,18H2.